The summed E-state index contributed by atoms with van der Waals surface area (Å²) in [5.74, 6) is 0.0482. The van der Waals surface area contributed by atoms with Crippen LogP contribution >= 0.6 is 0 Å². The highest BCUT2D eigenvalue weighted by atomic mass is 32.2. The van der Waals surface area contributed by atoms with Gasteiger partial charge in [0.15, 0.2) is 9.84 Å². The molecular formula is C25H26N2O3S. The largest absolute Gasteiger partial charge is 0.329 e. The number of rotatable bonds is 5. The number of nitrogens with zero attached hydrogens (tertiary/aromatic N) is 2. The molecule has 0 radical (unpaired) electrons. The Hall–Kier alpha value is -3.12. The van der Waals surface area contributed by atoms with E-state index in [9.17, 15) is 13.2 Å². The molecule has 6 heteroatoms. The van der Waals surface area contributed by atoms with E-state index in [2.05, 4.69) is 0 Å². The molecule has 1 aliphatic heterocycles. The molecule has 31 heavy (non-hydrogen) atoms. The molecule has 1 saturated heterocycles. The second-order valence-corrected chi connectivity index (χ2v) is 10.0. The van der Waals surface area contributed by atoms with E-state index in [1.165, 1.54) is 0 Å². The van der Waals surface area contributed by atoms with Crippen LogP contribution < -0.4 is 4.90 Å². The summed E-state index contributed by atoms with van der Waals surface area (Å²) in [6.07, 6.45) is 0.913. The van der Waals surface area contributed by atoms with Crippen LogP contribution in [-0.4, -0.2) is 37.7 Å². The Labute approximate surface area is 183 Å². The third kappa shape index (κ3) is 4.97. The summed E-state index contributed by atoms with van der Waals surface area (Å²) < 4.78 is 25.8. The van der Waals surface area contributed by atoms with Crippen LogP contribution in [-0.2, 0) is 15.6 Å². The van der Waals surface area contributed by atoms with Crippen molar-refractivity contribution in [2.45, 2.75) is 23.8 Å². The number of urea groups is 1. The van der Waals surface area contributed by atoms with E-state index in [1.54, 1.807) is 9.80 Å². The molecule has 1 fully saturated rings. The number of hydrogen-bond donors (Lipinski definition) is 0. The lowest BCUT2D eigenvalue weighted by Crippen LogP contribution is -2.47. The van der Waals surface area contributed by atoms with Gasteiger partial charge in [-0.05, 0) is 42.7 Å². The molecule has 0 aliphatic carbocycles. The molecule has 3 aromatic carbocycles. The standard InChI is InChI=1S/C25H26N2O3S/c28-25(27(22-12-6-2-7-13-22)23-14-8-3-9-15-23)26-18-16-24(17-19-26)31(29,30)20-21-10-4-1-5-11-21/h1-15,24H,16-20H2. The van der Waals surface area contributed by atoms with E-state index in [-0.39, 0.29) is 11.8 Å². The van der Waals surface area contributed by atoms with Gasteiger partial charge in [-0.3, -0.25) is 4.90 Å². The van der Waals surface area contributed by atoms with Gasteiger partial charge in [0.1, 0.15) is 0 Å². The number of amides is 2. The monoisotopic (exact) mass is 434 g/mol. The third-order valence-corrected chi connectivity index (χ3v) is 7.87. The van der Waals surface area contributed by atoms with Crippen molar-refractivity contribution >= 4 is 27.2 Å². The zero-order valence-corrected chi connectivity index (χ0v) is 18.1. The highest BCUT2D eigenvalue weighted by molar-refractivity contribution is 7.91. The maximum atomic E-state index is 13.4. The Bertz CT molecular complexity index is 1060. The molecule has 5 nitrogen and oxygen atoms in total. The lowest BCUT2D eigenvalue weighted by atomic mass is 10.1. The van der Waals surface area contributed by atoms with Gasteiger partial charge < -0.3 is 4.90 Å². The van der Waals surface area contributed by atoms with E-state index >= 15 is 0 Å². The van der Waals surface area contributed by atoms with E-state index < -0.39 is 15.1 Å². The van der Waals surface area contributed by atoms with Crippen LogP contribution in [0, 0.1) is 0 Å². The SMILES string of the molecule is O=C(N1CCC(S(=O)(=O)Cc2ccccc2)CC1)N(c1ccccc1)c1ccccc1. The topological polar surface area (TPSA) is 57.7 Å². The number of para-hydroxylation sites is 2. The second kappa shape index (κ2) is 9.35. The molecule has 3 aromatic rings. The number of anilines is 2. The summed E-state index contributed by atoms with van der Waals surface area (Å²) in [6.45, 7) is 0.849. The predicted molar refractivity (Wildman–Crippen MR) is 124 cm³/mol. The first-order chi connectivity index (χ1) is 15.0. The van der Waals surface area contributed by atoms with Crippen LogP contribution in [0.1, 0.15) is 18.4 Å². The van der Waals surface area contributed by atoms with Crippen LogP contribution in [0.15, 0.2) is 91.0 Å². The normalized spacial score (nSPS) is 14.9. The zero-order chi connectivity index (χ0) is 21.7. The lowest BCUT2D eigenvalue weighted by molar-refractivity contribution is 0.196. The van der Waals surface area contributed by atoms with Gasteiger partial charge in [0.25, 0.3) is 0 Å². The molecule has 0 aromatic heterocycles. The zero-order valence-electron chi connectivity index (χ0n) is 17.3. The van der Waals surface area contributed by atoms with Crippen molar-refractivity contribution in [3.05, 3.63) is 96.6 Å². The maximum Gasteiger partial charge on any atom is 0.329 e. The Morgan fingerprint density at radius 3 is 1.71 bits per heavy atom. The van der Waals surface area contributed by atoms with Gasteiger partial charge in [-0.1, -0.05) is 66.7 Å². The highest BCUT2D eigenvalue weighted by Gasteiger charge is 2.33. The fourth-order valence-electron chi connectivity index (χ4n) is 4.00. The summed E-state index contributed by atoms with van der Waals surface area (Å²) >= 11 is 0. The molecule has 160 valence electrons. The minimum atomic E-state index is -3.26. The van der Waals surface area contributed by atoms with Gasteiger partial charge in [-0.15, -0.1) is 0 Å². The first-order valence-electron chi connectivity index (χ1n) is 10.5. The van der Waals surface area contributed by atoms with Gasteiger partial charge in [-0.2, -0.15) is 0 Å². The molecule has 0 bridgehead atoms. The van der Waals surface area contributed by atoms with Crippen LogP contribution in [0.2, 0.25) is 0 Å². The predicted octanol–water partition coefficient (Wildman–Crippen LogP) is 5.02. The molecular weight excluding hydrogens is 408 g/mol. The molecule has 0 unspecified atom stereocenters. The number of sulfone groups is 1. The van der Waals surface area contributed by atoms with Gasteiger partial charge in [0.05, 0.1) is 22.4 Å². The Balaban J connectivity index is 1.47. The third-order valence-electron chi connectivity index (χ3n) is 5.65. The van der Waals surface area contributed by atoms with Crippen molar-refractivity contribution in [2.24, 2.45) is 0 Å². The van der Waals surface area contributed by atoms with E-state index in [0.717, 1.165) is 16.9 Å². The van der Waals surface area contributed by atoms with Crippen LogP contribution in [0.5, 0.6) is 0 Å². The molecule has 0 atom stereocenters. The van der Waals surface area contributed by atoms with Crippen molar-refractivity contribution in [3.63, 3.8) is 0 Å². The van der Waals surface area contributed by atoms with Crippen molar-refractivity contribution in [1.29, 1.82) is 0 Å². The fraction of sp³-hybridized carbons (Fsp3) is 0.240. The Kier molecular flexibility index (Phi) is 6.37. The first-order valence-corrected chi connectivity index (χ1v) is 12.2. The second-order valence-electron chi connectivity index (χ2n) is 7.77. The summed E-state index contributed by atoms with van der Waals surface area (Å²) in [5.41, 5.74) is 2.38. The Morgan fingerprint density at radius 1 is 0.774 bits per heavy atom. The minimum Gasteiger partial charge on any atom is -0.324 e. The molecule has 1 aliphatic rings. The minimum absolute atomic E-state index is 0.0482. The van der Waals surface area contributed by atoms with Crippen molar-refractivity contribution in [1.82, 2.24) is 4.90 Å². The average Bonchev–Trinajstić information content (AvgIpc) is 2.81. The van der Waals surface area contributed by atoms with Crippen molar-refractivity contribution < 1.29 is 13.2 Å². The molecule has 2 amide bonds. The smallest absolute Gasteiger partial charge is 0.324 e. The van der Waals surface area contributed by atoms with Gasteiger partial charge in [0.2, 0.25) is 0 Å². The fourth-order valence-corrected chi connectivity index (χ4v) is 5.82. The number of carbonyl (C=O) groups excluding carboxylic acids is 1. The maximum absolute atomic E-state index is 13.4. The summed E-state index contributed by atoms with van der Waals surface area (Å²) in [4.78, 5) is 16.9. The van der Waals surface area contributed by atoms with Crippen LogP contribution in [0.3, 0.4) is 0 Å². The van der Waals surface area contributed by atoms with Gasteiger partial charge in [0, 0.05) is 13.1 Å². The molecule has 0 saturated carbocycles. The van der Waals surface area contributed by atoms with Crippen LogP contribution in [0.4, 0.5) is 16.2 Å². The number of piperidine rings is 1. The number of hydrogen-bond acceptors (Lipinski definition) is 3. The molecule has 0 spiro atoms. The van der Waals surface area contributed by atoms with Crippen LogP contribution in [0.25, 0.3) is 0 Å². The molecule has 0 N–H and O–H groups in total. The number of carbonyl (C=O) groups is 1. The van der Waals surface area contributed by atoms with Crippen molar-refractivity contribution in [2.75, 3.05) is 18.0 Å². The molecule has 1 heterocycles. The summed E-state index contributed by atoms with van der Waals surface area (Å²) in [6, 6.07) is 28.2. The van der Waals surface area contributed by atoms with Gasteiger partial charge >= 0.3 is 6.03 Å². The quantitative estimate of drug-likeness (QED) is 0.566. The van der Waals surface area contributed by atoms with E-state index in [0.29, 0.717) is 25.9 Å². The van der Waals surface area contributed by atoms with Crippen molar-refractivity contribution in [3.8, 4) is 0 Å². The van der Waals surface area contributed by atoms with Gasteiger partial charge in [-0.25, -0.2) is 13.2 Å². The van der Waals surface area contributed by atoms with E-state index in [1.807, 2.05) is 91.0 Å². The Morgan fingerprint density at radius 2 is 1.23 bits per heavy atom. The highest BCUT2D eigenvalue weighted by Crippen LogP contribution is 2.29. The summed E-state index contributed by atoms with van der Waals surface area (Å²) in [5, 5.41) is -0.418. The number of likely N-dealkylation sites (tertiary alicyclic amines) is 1. The first kappa shape index (κ1) is 21.1. The molecule has 4 rings (SSSR count). The summed E-state index contributed by atoms with van der Waals surface area (Å²) in [7, 11) is -3.26. The average molecular weight is 435 g/mol. The van der Waals surface area contributed by atoms with E-state index in [4.69, 9.17) is 0 Å². The lowest BCUT2D eigenvalue weighted by Gasteiger charge is -2.35. The number of benzene rings is 3.